The number of aryl methyl sites for hydroxylation is 2. The van der Waals surface area contributed by atoms with E-state index >= 15 is 0 Å². The summed E-state index contributed by atoms with van der Waals surface area (Å²) in [6, 6.07) is 17.0. The zero-order valence-electron chi connectivity index (χ0n) is 31.3. The standard InChI is InChI=1S/C43H45Br2N3O7S/c1-54-39-24-27(23-37(45)41(39)49)22-36-35-26-30(44)14-19-38(35)48(42(36)50)20-6-4-2-3-5-7-21-55-31-15-17-32(18-16-31)56(52,53)47-43(51)46-40-33-12-8-10-28(33)25-29-11-9-13-34(29)40/h14-19,22-26,49H,2-13,20-21H2,1H3,(H2,46,47,51)/b36-22+. The highest BCUT2D eigenvalue weighted by molar-refractivity contribution is 9.10. The number of fused-ring (bicyclic) bond motifs is 3. The Hall–Kier alpha value is -4.33. The number of nitrogens with one attached hydrogen (secondary N) is 2. The van der Waals surface area contributed by atoms with Crippen LogP contribution < -0.4 is 24.4 Å². The van der Waals surface area contributed by atoms with E-state index in [1.54, 1.807) is 24.3 Å². The molecular weight excluding hydrogens is 862 g/mol. The van der Waals surface area contributed by atoms with Crippen LogP contribution in [0.4, 0.5) is 16.2 Å². The number of anilines is 2. The summed E-state index contributed by atoms with van der Waals surface area (Å²) < 4.78 is 40.8. The monoisotopic (exact) mass is 905 g/mol. The molecule has 0 unspecified atom stereocenters. The zero-order valence-corrected chi connectivity index (χ0v) is 35.2. The van der Waals surface area contributed by atoms with Gasteiger partial charge in [-0.05, 0) is 156 Å². The number of carbonyl (C=O) groups is 2. The van der Waals surface area contributed by atoms with Gasteiger partial charge in [-0.1, -0.05) is 47.7 Å². The van der Waals surface area contributed by atoms with Crippen LogP contribution in [0.15, 0.2) is 74.5 Å². The van der Waals surface area contributed by atoms with E-state index in [0.29, 0.717) is 34.7 Å². The average molecular weight is 908 g/mol. The maximum atomic E-state index is 13.7. The Kier molecular flexibility index (Phi) is 12.4. The predicted octanol–water partition coefficient (Wildman–Crippen LogP) is 9.72. The largest absolute Gasteiger partial charge is 0.503 e. The fourth-order valence-corrected chi connectivity index (χ4v) is 9.69. The highest BCUT2D eigenvalue weighted by Crippen LogP contribution is 2.42. The number of phenols is 1. The van der Waals surface area contributed by atoms with E-state index in [4.69, 9.17) is 9.47 Å². The summed E-state index contributed by atoms with van der Waals surface area (Å²) >= 11 is 6.92. The molecule has 0 radical (unpaired) electrons. The van der Waals surface area contributed by atoms with Crippen LogP contribution in [-0.2, 0) is 40.5 Å². The van der Waals surface area contributed by atoms with Gasteiger partial charge in [-0.3, -0.25) is 4.79 Å². The smallest absolute Gasteiger partial charge is 0.333 e. The lowest BCUT2D eigenvalue weighted by atomic mass is 9.99. The van der Waals surface area contributed by atoms with Gasteiger partial charge >= 0.3 is 6.03 Å². The molecular formula is C43H45Br2N3O7S. The van der Waals surface area contributed by atoms with Crippen molar-refractivity contribution < 1.29 is 32.6 Å². The van der Waals surface area contributed by atoms with Crippen LogP contribution in [0.1, 0.15) is 84.7 Å². The van der Waals surface area contributed by atoms with Crippen molar-refractivity contribution in [3.8, 4) is 17.2 Å². The number of halogens is 2. The van der Waals surface area contributed by atoms with Gasteiger partial charge in [-0.2, -0.15) is 0 Å². The molecule has 7 rings (SSSR count). The lowest BCUT2D eigenvalue weighted by Gasteiger charge is -2.17. The van der Waals surface area contributed by atoms with Gasteiger partial charge in [0.15, 0.2) is 11.5 Å². The van der Waals surface area contributed by atoms with E-state index < -0.39 is 16.1 Å². The van der Waals surface area contributed by atoms with Crippen LogP contribution in [-0.4, -0.2) is 45.7 Å². The first-order valence-corrected chi connectivity index (χ1v) is 22.2. The minimum atomic E-state index is -4.07. The van der Waals surface area contributed by atoms with Crippen molar-refractivity contribution in [3.05, 3.63) is 103 Å². The molecule has 0 atom stereocenters. The topological polar surface area (TPSA) is 134 Å². The maximum absolute atomic E-state index is 13.7. The third kappa shape index (κ3) is 8.79. The van der Waals surface area contributed by atoms with Crippen molar-refractivity contribution in [2.75, 3.05) is 30.5 Å². The molecule has 3 amide bonds. The van der Waals surface area contributed by atoms with Crippen molar-refractivity contribution in [3.63, 3.8) is 0 Å². The van der Waals surface area contributed by atoms with Crippen molar-refractivity contribution in [2.24, 2.45) is 0 Å². The van der Waals surface area contributed by atoms with Gasteiger partial charge < -0.3 is 24.8 Å². The van der Waals surface area contributed by atoms with Crippen molar-refractivity contribution in [1.82, 2.24) is 4.72 Å². The first-order valence-electron chi connectivity index (χ1n) is 19.2. The molecule has 2 aliphatic carbocycles. The molecule has 4 aromatic carbocycles. The van der Waals surface area contributed by atoms with Crippen LogP contribution in [0.2, 0.25) is 0 Å². The number of ether oxygens (including phenoxy) is 2. The molecule has 0 aromatic heterocycles. The zero-order chi connectivity index (χ0) is 39.4. The molecule has 0 saturated carbocycles. The van der Waals surface area contributed by atoms with E-state index in [1.807, 2.05) is 29.2 Å². The second-order valence-corrected chi connectivity index (χ2v) is 17.9. The van der Waals surface area contributed by atoms with Crippen molar-refractivity contribution >= 4 is 76.8 Å². The molecule has 10 nitrogen and oxygen atoms in total. The SMILES string of the molecule is COc1cc(/C=C2/C(=O)N(CCCCCCCCOc3ccc(S(=O)(=O)NC(=O)Nc4c5c(cc6c4CCC6)CCC5)cc3)c3ccc(Br)cc32)cc(Br)c1O. The second-order valence-electron chi connectivity index (χ2n) is 14.5. The first-order chi connectivity index (χ1) is 27.0. The molecule has 0 bridgehead atoms. The fourth-order valence-electron chi connectivity index (χ4n) is 7.96. The number of phenolic OH excluding ortho intramolecular Hbond substituents is 1. The highest BCUT2D eigenvalue weighted by atomic mass is 79.9. The maximum Gasteiger partial charge on any atom is 0.333 e. The van der Waals surface area contributed by atoms with Gasteiger partial charge in [-0.15, -0.1) is 0 Å². The van der Waals surface area contributed by atoms with Crippen LogP contribution in [0.5, 0.6) is 17.2 Å². The highest BCUT2D eigenvalue weighted by Gasteiger charge is 2.32. The number of nitrogens with zero attached hydrogens (tertiary/aromatic N) is 1. The van der Waals surface area contributed by atoms with E-state index in [-0.39, 0.29) is 16.6 Å². The normalized spacial score (nSPS) is 15.2. The fraction of sp³-hybridized carbons (Fsp3) is 0.349. The molecule has 13 heteroatoms. The second kappa shape index (κ2) is 17.4. The van der Waals surface area contributed by atoms with Crippen LogP contribution in [0, 0.1) is 0 Å². The summed E-state index contributed by atoms with van der Waals surface area (Å²) in [7, 11) is -2.58. The Balaban J connectivity index is 0.829. The van der Waals surface area contributed by atoms with E-state index in [1.165, 1.54) is 30.4 Å². The lowest BCUT2D eigenvalue weighted by Crippen LogP contribution is -2.35. The Morgan fingerprint density at radius 3 is 2.25 bits per heavy atom. The quantitative estimate of drug-likeness (QED) is 0.0799. The van der Waals surface area contributed by atoms with E-state index in [0.717, 1.165) is 115 Å². The number of carbonyl (C=O) groups excluding carboxylic acids is 2. The lowest BCUT2D eigenvalue weighted by molar-refractivity contribution is -0.113. The van der Waals surface area contributed by atoms with Gasteiger partial charge in [0.05, 0.1) is 28.8 Å². The third-order valence-electron chi connectivity index (χ3n) is 10.7. The summed E-state index contributed by atoms with van der Waals surface area (Å²) in [5, 5.41) is 13.1. The van der Waals surface area contributed by atoms with Gasteiger partial charge in [0.1, 0.15) is 5.75 Å². The molecule has 1 heterocycles. The Bertz CT molecular complexity index is 2260. The third-order valence-corrected chi connectivity index (χ3v) is 13.2. The van der Waals surface area contributed by atoms with Crippen LogP contribution in [0.3, 0.4) is 0 Å². The number of hydrogen-bond donors (Lipinski definition) is 3. The van der Waals surface area contributed by atoms with Gasteiger partial charge in [0.2, 0.25) is 0 Å². The Morgan fingerprint density at radius 1 is 0.875 bits per heavy atom. The molecule has 3 N–H and O–H groups in total. The van der Waals surface area contributed by atoms with Gasteiger partial charge in [0.25, 0.3) is 15.9 Å². The van der Waals surface area contributed by atoms with Crippen LogP contribution in [0.25, 0.3) is 11.6 Å². The molecule has 56 heavy (non-hydrogen) atoms. The number of methoxy groups -OCH3 is 1. The molecule has 0 spiro atoms. The summed E-state index contributed by atoms with van der Waals surface area (Å²) in [6.07, 6.45) is 13.4. The summed E-state index contributed by atoms with van der Waals surface area (Å²) in [6.45, 7) is 1.12. The molecule has 0 saturated heterocycles. The number of sulfonamides is 1. The average Bonchev–Trinajstić information content (AvgIpc) is 3.91. The van der Waals surface area contributed by atoms with E-state index in [9.17, 15) is 23.1 Å². The summed E-state index contributed by atoms with van der Waals surface area (Å²) in [5.41, 5.74) is 8.67. The van der Waals surface area contributed by atoms with Gasteiger partial charge in [-0.25, -0.2) is 17.9 Å². The molecule has 3 aliphatic rings. The van der Waals surface area contributed by atoms with E-state index in [2.05, 4.69) is 48.0 Å². The number of hydrogen-bond acceptors (Lipinski definition) is 7. The summed E-state index contributed by atoms with van der Waals surface area (Å²) in [4.78, 5) is 28.4. The molecule has 0 fully saturated rings. The van der Waals surface area contributed by atoms with Crippen molar-refractivity contribution in [1.29, 1.82) is 0 Å². The Morgan fingerprint density at radius 2 is 1.55 bits per heavy atom. The number of amides is 3. The number of aromatic hydroxyl groups is 1. The number of urea groups is 1. The minimum Gasteiger partial charge on any atom is -0.503 e. The molecule has 1 aliphatic heterocycles. The predicted molar refractivity (Wildman–Crippen MR) is 226 cm³/mol. The summed E-state index contributed by atoms with van der Waals surface area (Å²) in [5.74, 6) is 0.840. The minimum absolute atomic E-state index is 0.00555. The number of rotatable bonds is 15. The van der Waals surface area contributed by atoms with Gasteiger partial charge in [0, 0.05) is 27.8 Å². The molecule has 4 aromatic rings. The van der Waals surface area contributed by atoms with Crippen molar-refractivity contribution in [2.45, 2.75) is 81.9 Å². The van der Waals surface area contributed by atoms with Crippen LogP contribution >= 0.6 is 31.9 Å². The molecule has 294 valence electrons. The number of unbranched alkanes of at least 4 members (excludes halogenated alkanes) is 5. The Labute approximate surface area is 345 Å². The number of benzene rings is 4. The first kappa shape index (κ1) is 39.9.